The number of hydrogen-bond acceptors (Lipinski definition) is 5. The van der Waals surface area contributed by atoms with E-state index in [0.29, 0.717) is 16.8 Å². The molecule has 1 aliphatic heterocycles. The van der Waals surface area contributed by atoms with Gasteiger partial charge in [0.1, 0.15) is 0 Å². The van der Waals surface area contributed by atoms with Crippen LogP contribution in [0.1, 0.15) is 26.3 Å². The summed E-state index contributed by atoms with van der Waals surface area (Å²) < 4.78 is 5.70. The van der Waals surface area contributed by atoms with Gasteiger partial charge in [0, 0.05) is 42.8 Å². The van der Waals surface area contributed by atoms with Gasteiger partial charge in [-0.3, -0.25) is 9.69 Å². The number of esters is 1. The molecule has 7 heteroatoms. The Hall–Kier alpha value is -3.16. The zero-order valence-electron chi connectivity index (χ0n) is 18.5. The van der Waals surface area contributed by atoms with Gasteiger partial charge >= 0.3 is 5.97 Å². The normalized spacial score (nSPS) is 14.1. The van der Waals surface area contributed by atoms with Crippen LogP contribution in [0.5, 0.6) is 0 Å². The van der Waals surface area contributed by atoms with E-state index < -0.39 is 5.97 Å². The van der Waals surface area contributed by atoms with Crippen LogP contribution in [0.4, 0.5) is 11.4 Å². The number of carbonyl (C=O) groups is 2. The number of halogens is 1. The summed E-state index contributed by atoms with van der Waals surface area (Å²) in [5, 5.41) is 3.00. The summed E-state index contributed by atoms with van der Waals surface area (Å²) >= 11 is 3.41. The second-order valence-corrected chi connectivity index (χ2v) is 8.85. The van der Waals surface area contributed by atoms with Crippen molar-refractivity contribution < 1.29 is 14.3 Å². The van der Waals surface area contributed by atoms with Gasteiger partial charge in [0.25, 0.3) is 5.91 Å². The Morgan fingerprint density at radius 2 is 1.67 bits per heavy atom. The fourth-order valence-corrected chi connectivity index (χ4v) is 4.37. The van der Waals surface area contributed by atoms with Crippen LogP contribution >= 0.6 is 15.9 Å². The Labute approximate surface area is 202 Å². The van der Waals surface area contributed by atoms with Crippen LogP contribution in [0.15, 0.2) is 77.3 Å². The summed E-state index contributed by atoms with van der Waals surface area (Å²) in [6.45, 7) is 4.39. The topological polar surface area (TPSA) is 61.9 Å². The molecule has 0 spiro atoms. The summed E-state index contributed by atoms with van der Waals surface area (Å²) in [6, 6.07) is 23.0. The van der Waals surface area contributed by atoms with E-state index in [-0.39, 0.29) is 5.91 Å². The number of carbonyl (C=O) groups excluding carboxylic acids is 2. The van der Waals surface area contributed by atoms with E-state index >= 15 is 0 Å². The summed E-state index contributed by atoms with van der Waals surface area (Å²) in [5.41, 5.74) is 3.72. The average Bonchev–Trinajstić information content (AvgIpc) is 2.85. The maximum atomic E-state index is 12.9. The van der Waals surface area contributed by atoms with Gasteiger partial charge in [-0.2, -0.15) is 0 Å². The van der Waals surface area contributed by atoms with E-state index in [1.807, 2.05) is 24.3 Å². The Kier molecular flexibility index (Phi) is 7.42. The number of amides is 1. The van der Waals surface area contributed by atoms with Crippen molar-refractivity contribution in [1.82, 2.24) is 4.90 Å². The lowest BCUT2D eigenvalue weighted by Gasteiger charge is -2.37. The van der Waals surface area contributed by atoms with E-state index in [1.54, 1.807) is 24.3 Å². The van der Waals surface area contributed by atoms with E-state index in [2.05, 4.69) is 55.3 Å². The lowest BCUT2D eigenvalue weighted by Crippen LogP contribution is -2.46. The van der Waals surface area contributed by atoms with E-state index in [4.69, 9.17) is 4.74 Å². The average molecular weight is 508 g/mol. The Morgan fingerprint density at radius 3 is 2.36 bits per heavy atom. The van der Waals surface area contributed by atoms with Crippen LogP contribution in [0, 0.1) is 0 Å². The van der Waals surface area contributed by atoms with E-state index in [0.717, 1.165) is 42.9 Å². The van der Waals surface area contributed by atoms with Gasteiger partial charge in [-0.05, 0) is 42.0 Å². The van der Waals surface area contributed by atoms with Crippen molar-refractivity contribution >= 4 is 39.2 Å². The summed E-state index contributed by atoms with van der Waals surface area (Å²) in [7, 11) is 1.35. The first-order valence-electron chi connectivity index (χ1n) is 10.8. The Morgan fingerprint density at radius 1 is 0.909 bits per heavy atom. The van der Waals surface area contributed by atoms with Crippen molar-refractivity contribution in [2.75, 3.05) is 43.5 Å². The number of nitrogens with one attached hydrogen (secondary N) is 1. The molecular weight excluding hydrogens is 482 g/mol. The molecule has 1 fully saturated rings. The van der Waals surface area contributed by atoms with Gasteiger partial charge in [-0.1, -0.05) is 52.3 Å². The predicted molar refractivity (Wildman–Crippen MR) is 134 cm³/mol. The van der Waals surface area contributed by atoms with Crippen molar-refractivity contribution in [2.24, 2.45) is 0 Å². The van der Waals surface area contributed by atoms with Crippen molar-refractivity contribution in [3.05, 3.63) is 94.0 Å². The molecule has 4 rings (SSSR count). The minimum atomic E-state index is -0.438. The summed E-state index contributed by atoms with van der Waals surface area (Å²) in [6.07, 6.45) is 0. The molecule has 0 aliphatic carbocycles. The molecular formula is C26H26BrN3O3. The predicted octanol–water partition coefficient (Wildman–Crippen LogP) is 4.81. The molecule has 0 unspecified atom stereocenters. The minimum absolute atomic E-state index is 0.234. The van der Waals surface area contributed by atoms with Crippen LogP contribution < -0.4 is 10.2 Å². The van der Waals surface area contributed by atoms with Gasteiger partial charge in [0.15, 0.2) is 0 Å². The molecule has 170 valence electrons. The number of methoxy groups -OCH3 is 1. The number of ether oxygens (including phenoxy) is 1. The van der Waals surface area contributed by atoms with E-state index in [1.165, 1.54) is 12.7 Å². The third-order valence-corrected chi connectivity index (χ3v) is 6.21. The highest BCUT2D eigenvalue weighted by Crippen LogP contribution is 2.29. The number of rotatable bonds is 6. The standard InChI is InChI=1S/C26H26BrN3O3/c1-33-26(32)21-10-11-24(23(17-21)28-25(31)20-8-5-9-22(27)16-20)30-14-12-29(13-15-30)18-19-6-3-2-4-7-19/h2-11,16-17H,12-15,18H2,1H3,(H,28,31). The zero-order chi connectivity index (χ0) is 23.2. The highest BCUT2D eigenvalue weighted by Gasteiger charge is 2.22. The quantitative estimate of drug-likeness (QED) is 0.485. The monoisotopic (exact) mass is 507 g/mol. The highest BCUT2D eigenvalue weighted by atomic mass is 79.9. The molecule has 3 aromatic carbocycles. The fourth-order valence-electron chi connectivity index (χ4n) is 3.97. The Balaban J connectivity index is 1.52. The first-order valence-corrected chi connectivity index (χ1v) is 11.6. The lowest BCUT2D eigenvalue weighted by molar-refractivity contribution is 0.0600. The molecule has 1 saturated heterocycles. The van der Waals surface area contributed by atoms with Crippen molar-refractivity contribution in [3.8, 4) is 0 Å². The van der Waals surface area contributed by atoms with Crippen molar-refractivity contribution in [2.45, 2.75) is 6.54 Å². The minimum Gasteiger partial charge on any atom is -0.465 e. The number of hydrogen-bond donors (Lipinski definition) is 1. The smallest absolute Gasteiger partial charge is 0.337 e. The van der Waals surface area contributed by atoms with Crippen LogP contribution in [0.25, 0.3) is 0 Å². The molecule has 1 amide bonds. The highest BCUT2D eigenvalue weighted by molar-refractivity contribution is 9.10. The molecule has 6 nitrogen and oxygen atoms in total. The molecule has 1 heterocycles. The first-order chi connectivity index (χ1) is 16.0. The molecule has 0 saturated carbocycles. The fraction of sp³-hybridized carbons (Fsp3) is 0.231. The number of anilines is 2. The summed E-state index contributed by atoms with van der Waals surface area (Å²) in [4.78, 5) is 29.7. The molecule has 1 aliphatic rings. The molecule has 1 N–H and O–H groups in total. The zero-order valence-corrected chi connectivity index (χ0v) is 20.0. The van der Waals surface area contributed by atoms with E-state index in [9.17, 15) is 9.59 Å². The maximum Gasteiger partial charge on any atom is 0.337 e. The third-order valence-electron chi connectivity index (χ3n) is 5.71. The number of nitrogens with zero attached hydrogens (tertiary/aromatic N) is 2. The van der Waals surface area contributed by atoms with Gasteiger partial charge in [0.2, 0.25) is 0 Å². The van der Waals surface area contributed by atoms with Crippen LogP contribution in [-0.4, -0.2) is 50.1 Å². The van der Waals surface area contributed by atoms with Gasteiger partial charge in [0.05, 0.1) is 24.0 Å². The van der Waals surface area contributed by atoms with Crippen LogP contribution in [0.2, 0.25) is 0 Å². The second-order valence-electron chi connectivity index (χ2n) is 7.94. The summed E-state index contributed by atoms with van der Waals surface area (Å²) in [5.74, 6) is -0.672. The number of benzene rings is 3. The largest absolute Gasteiger partial charge is 0.465 e. The molecule has 3 aromatic rings. The molecule has 0 radical (unpaired) electrons. The SMILES string of the molecule is COC(=O)c1ccc(N2CCN(Cc3ccccc3)CC2)c(NC(=O)c2cccc(Br)c2)c1. The molecule has 0 aromatic heterocycles. The maximum absolute atomic E-state index is 12.9. The van der Waals surface area contributed by atoms with Crippen molar-refractivity contribution in [1.29, 1.82) is 0 Å². The van der Waals surface area contributed by atoms with Crippen LogP contribution in [-0.2, 0) is 11.3 Å². The first kappa shape index (κ1) is 23.0. The molecule has 0 atom stereocenters. The van der Waals surface area contributed by atoms with Crippen molar-refractivity contribution in [3.63, 3.8) is 0 Å². The van der Waals surface area contributed by atoms with Gasteiger partial charge in [-0.15, -0.1) is 0 Å². The van der Waals surface area contributed by atoms with Gasteiger partial charge < -0.3 is 15.0 Å². The lowest BCUT2D eigenvalue weighted by atomic mass is 10.1. The number of piperazine rings is 1. The third kappa shape index (κ3) is 5.80. The second kappa shape index (κ2) is 10.6. The molecule has 33 heavy (non-hydrogen) atoms. The molecule has 0 bridgehead atoms. The Bertz CT molecular complexity index is 1130. The van der Waals surface area contributed by atoms with Crippen LogP contribution in [0.3, 0.4) is 0 Å². The van der Waals surface area contributed by atoms with Gasteiger partial charge in [-0.25, -0.2) is 4.79 Å².